The van der Waals surface area contributed by atoms with Gasteiger partial charge in [-0.15, -0.1) is 5.10 Å². The minimum Gasteiger partial charge on any atom is -0.324 e. The number of alkyl halides is 3. The lowest BCUT2D eigenvalue weighted by atomic mass is 10.1. The third kappa shape index (κ3) is 3.81. The molecule has 0 bridgehead atoms. The number of halogens is 3. The predicted molar refractivity (Wildman–Crippen MR) is 93.2 cm³/mol. The Morgan fingerprint density at radius 3 is 2.63 bits per heavy atom. The molecule has 6 nitrogen and oxygen atoms in total. The molecule has 0 saturated carbocycles. The number of carbonyl (C=O) groups is 1. The molecular formula is C18H15F3N4O2. The molecule has 27 heavy (non-hydrogen) atoms. The van der Waals surface area contributed by atoms with Gasteiger partial charge in [-0.05, 0) is 36.8 Å². The second-order valence-corrected chi connectivity index (χ2v) is 5.85. The van der Waals surface area contributed by atoms with Gasteiger partial charge < -0.3 is 5.32 Å². The van der Waals surface area contributed by atoms with Gasteiger partial charge in [0.1, 0.15) is 11.6 Å². The molecule has 1 atom stereocenters. The van der Waals surface area contributed by atoms with Crippen LogP contribution in [0.1, 0.15) is 24.9 Å². The Labute approximate surface area is 151 Å². The van der Waals surface area contributed by atoms with Crippen LogP contribution in [0.25, 0.3) is 10.9 Å². The van der Waals surface area contributed by atoms with Gasteiger partial charge in [0.15, 0.2) is 0 Å². The fourth-order valence-electron chi connectivity index (χ4n) is 2.67. The zero-order chi connectivity index (χ0) is 19.6. The summed E-state index contributed by atoms with van der Waals surface area (Å²) in [6, 6.07) is 9.83. The molecule has 0 radical (unpaired) electrons. The number of carbonyl (C=O) groups excluding carboxylic acids is 1. The van der Waals surface area contributed by atoms with Crippen LogP contribution >= 0.6 is 0 Å². The van der Waals surface area contributed by atoms with E-state index in [1.165, 1.54) is 12.1 Å². The van der Waals surface area contributed by atoms with E-state index in [2.05, 4.69) is 15.6 Å². The molecule has 3 aromatic rings. The molecule has 3 rings (SSSR count). The molecule has 2 aromatic carbocycles. The number of anilines is 1. The second kappa shape index (κ2) is 7.18. The smallest absolute Gasteiger partial charge is 0.324 e. The molecular weight excluding hydrogens is 361 g/mol. The maximum Gasteiger partial charge on any atom is 0.416 e. The summed E-state index contributed by atoms with van der Waals surface area (Å²) in [5, 5.41) is 10.5. The van der Waals surface area contributed by atoms with E-state index in [9.17, 15) is 22.8 Å². The first-order chi connectivity index (χ1) is 12.8. The molecule has 1 amide bonds. The molecule has 9 heteroatoms. The topological polar surface area (TPSA) is 76.9 Å². The van der Waals surface area contributed by atoms with Gasteiger partial charge in [-0.1, -0.05) is 30.3 Å². The summed E-state index contributed by atoms with van der Waals surface area (Å²) in [6.45, 7) is 1.67. The van der Waals surface area contributed by atoms with Crippen LogP contribution in [-0.4, -0.2) is 20.9 Å². The fraction of sp³-hybridized carbons (Fsp3) is 0.222. The minimum absolute atomic E-state index is 0.0185. The van der Waals surface area contributed by atoms with Crippen molar-refractivity contribution in [3.05, 3.63) is 64.4 Å². The van der Waals surface area contributed by atoms with Gasteiger partial charge in [-0.3, -0.25) is 9.59 Å². The van der Waals surface area contributed by atoms with Crippen molar-refractivity contribution in [1.82, 2.24) is 15.0 Å². The number of nitrogens with zero attached hydrogens (tertiary/aromatic N) is 3. The van der Waals surface area contributed by atoms with Gasteiger partial charge in [-0.2, -0.15) is 17.9 Å². The summed E-state index contributed by atoms with van der Waals surface area (Å²) in [5.74, 6) is -0.650. The molecule has 0 unspecified atom stereocenters. The number of nitrogens with one attached hydrogen (secondary N) is 1. The number of benzene rings is 2. The average Bonchev–Trinajstić information content (AvgIpc) is 2.64. The molecule has 1 aromatic heterocycles. The zero-order valence-corrected chi connectivity index (χ0v) is 14.2. The predicted octanol–water partition coefficient (Wildman–Crippen LogP) is 3.40. The van der Waals surface area contributed by atoms with Gasteiger partial charge in [0.2, 0.25) is 5.91 Å². The molecule has 0 aliphatic heterocycles. The Kier molecular flexibility index (Phi) is 4.93. The van der Waals surface area contributed by atoms with Crippen LogP contribution in [0.15, 0.2) is 53.3 Å². The Balaban J connectivity index is 1.92. The maximum absolute atomic E-state index is 12.8. The van der Waals surface area contributed by atoms with E-state index in [0.29, 0.717) is 10.9 Å². The van der Waals surface area contributed by atoms with E-state index in [4.69, 9.17) is 0 Å². The summed E-state index contributed by atoms with van der Waals surface area (Å²) >= 11 is 0. The number of aromatic nitrogens is 3. The van der Waals surface area contributed by atoms with E-state index < -0.39 is 29.2 Å². The molecule has 0 aliphatic rings. The van der Waals surface area contributed by atoms with Crippen LogP contribution in [0.4, 0.5) is 18.9 Å². The number of hydrogen-bond donors (Lipinski definition) is 1. The number of rotatable bonds is 4. The van der Waals surface area contributed by atoms with Gasteiger partial charge in [0, 0.05) is 5.69 Å². The van der Waals surface area contributed by atoms with Crippen LogP contribution in [0.5, 0.6) is 0 Å². The lowest BCUT2D eigenvalue weighted by molar-refractivity contribution is -0.137. The monoisotopic (exact) mass is 376 g/mol. The summed E-state index contributed by atoms with van der Waals surface area (Å²) < 4.78 is 39.4. The van der Waals surface area contributed by atoms with E-state index in [-0.39, 0.29) is 12.1 Å². The standard InChI is InChI=1S/C18H15F3N4O2/c1-2-15(25-17(27)13-8-3-4-9-14(13)23-24-25)16(26)22-12-7-5-6-11(10-12)18(19,20)21/h3-10,15H,2H2,1H3,(H,22,26)/t15-/m0/s1. The lowest BCUT2D eigenvalue weighted by Gasteiger charge is -2.17. The minimum atomic E-state index is -4.52. The lowest BCUT2D eigenvalue weighted by Crippen LogP contribution is -2.35. The van der Waals surface area contributed by atoms with E-state index in [1.807, 2.05) is 0 Å². The largest absolute Gasteiger partial charge is 0.416 e. The van der Waals surface area contributed by atoms with Crippen LogP contribution in [-0.2, 0) is 11.0 Å². The van der Waals surface area contributed by atoms with E-state index >= 15 is 0 Å². The highest BCUT2D eigenvalue weighted by Gasteiger charge is 2.31. The van der Waals surface area contributed by atoms with Crippen molar-refractivity contribution in [3.63, 3.8) is 0 Å². The van der Waals surface area contributed by atoms with Crippen molar-refractivity contribution in [2.45, 2.75) is 25.6 Å². The van der Waals surface area contributed by atoms with Crippen molar-refractivity contribution in [2.75, 3.05) is 5.32 Å². The average molecular weight is 376 g/mol. The van der Waals surface area contributed by atoms with Crippen molar-refractivity contribution >= 4 is 22.5 Å². The Hall–Kier alpha value is -3.23. The molecule has 1 heterocycles. The number of hydrogen-bond acceptors (Lipinski definition) is 4. The first-order valence-corrected chi connectivity index (χ1v) is 8.13. The molecule has 0 fully saturated rings. The third-order valence-corrected chi connectivity index (χ3v) is 4.03. The van der Waals surface area contributed by atoms with Crippen LogP contribution in [0, 0.1) is 0 Å². The second-order valence-electron chi connectivity index (χ2n) is 5.85. The van der Waals surface area contributed by atoms with E-state index in [1.54, 1.807) is 31.2 Å². The Morgan fingerprint density at radius 2 is 1.93 bits per heavy atom. The third-order valence-electron chi connectivity index (χ3n) is 4.03. The molecule has 0 saturated heterocycles. The molecule has 140 valence electrons. The van der Waals surface area contributed by atoms with E-state index in [0.717, 1.165) is 16.8 Å². The Bertz CT molecular complexity index is 1050. The quantitative estimate of drug-likeness (QED) is 0.757. The van der Waals surface area contributed by atoms with Crippen LogP contribution in [0.2, 0.25) is 0 Å². The maximum atomic E-state index is 12.8. The number of fused-ring (bicyclic) bond motifs is 1. The number of amides is 1. The first kappa shape index (κ1) is 18.6. The van der Waals surface area contributed by atoms with Crippen molar-refractivity contribution in [1.29, 1.82) is 0 Å². The van der Waals surface area contributed by atoms with Crippen LogP contribution in [0.3, 0.4) is 0 Å². The van der Waals surface area contributed by atoms with Gasteiger partial charge in [0.05, 0.1) is 10.9 Å². The normalized spacial score (nSPS) is 12.7. The SMILES string of the molecule is CC[C@@H](C(=O)Nc1cccc(C(F)(F)F)c1)n1nnc2ccccc2c1=O. The Morgan fingerprint density at radius 1 is 1.19 bits per heavy atom. The zero-order valence-electron chi connectivity index (χ0n) is 14.2. The van der Waals surface area contributed by atoms with Crippen LogP contribution < -0.4 is 10.9 Å². The first-order valence-electron chi connectivity index (χ1n) is 8.13. The van der Waals surface area contributed by atoms with Gasteiger partial charge in [0.25, 0.3) is 5.56 Å². The highest BCUT2D eigenvalue weighted by Crippen LogP contribution is 2.30. The van der Waals surface area contributed by atoms with Gasteiger partial charge in [-0.25, -0.2) is 0 Å². The molecule has 0 spiro atoms. The fourth-order valence-corrected chi connectivity index (χ4v) is 2.67. The van der Waals surface area contributed by atoms with Crippen molar-refractivity contribution in [2.24, 2.45) is 0 Å². The highest BCUT2D eigenvalue weighted by molar-refractivity contribution is 5.93. The molecule has 0 aliphatic carbocycles. The van der Waals surface area contributed by atoms with Gasteiger partial charge >= 0.3 is 6.18 Å². The van der Waals surface area contributed by atoms with Crippen molar-refractivity contribution in [3.8, 4) is 0 Å². The molecule has 1 N–H and O–H groups in total. The summed E-state index contributed by atoms with van der Waals surface area (Å²) in [4.78, 5) is 25.2. The summed E-state index contributed by atoms with van der Waals surface area (Å²) in [5.41, 5.74) is -0.996. The summed E-state index contributed by atoms with van der Waals surface area (Å²) in [7, 11) is 0. The highest BCUT2D eigenvalue weighted by atomic mass is 19.4. The van der Waals surface area contributed by atoms with Crippen molar-refractivity contribution < 1.29 is 18.0 Å². The summed E-state index contributed by atoms with van der Waals surface area (Å²) in [6.07, 6.45) is -4.32.